The van der Waals surface area contributed by atoms with Gasteiger partial charge in [-0.3, -0.25) is 4.79 Å². The molecule has 4 rings (SSSR count). The largest absolute Gasteiger partial charge is 0.319 e. The van der Waals surface area contributed by atoms with Crippen LogP contribution >= 0.6 is 23.2 Å². The normalized spacial score (nSPS) is 10.9. The summed E-state index contributed by atoms with van der Waals surface area (Å²) in [6.07, 6.45) is 0. The van der Waals surface area contributed by atoms with E-state index in [1.165, 1.54) is 0 Å². The lowest BCUT2D eigenvalue weighted by molar-refractivity contribution is 0.101. The van der Waals surface area contributed by atoms with Gasteiger partial charge in [0.25, 0.3) is 5.91 Å². The fourth-order valence-electron chi connectivity index (χ4n) is 3.37. The first-order valence-corrected chi connectivity index (χ1v) is 10.5. The van der Waals surface area contributed by atoms with E-state index in [-0.39, 0.29) is 11.7 Å². The van der Waals surface area contributed by atoms with Crippen molar-refractivity contribution in [2.24, 2.45) is 0 Å². The van der Waals surface area contributed by atoms with Crippen LogP contribution in [0.25, 0.3) is 17.1 Å². The van der Waals surface area contributed by atoms with E-state index in [9.17, 15) is 4.79 Å². The summed E-state index contributed by atoms with van der Waals surface area (Å²) in [6, 6.07) is 18.6. The van der Waals surface area contributed by atoms with Gasteiger partial charge in [0.1, 0.15) is 0 Å². The minimum Gasteiger partial charge on any atom is -0.319 e. The molecule has 0 aliphatic rings. The van der Waals surface area contributed by atoms with Gasteiger partial charge in [-0.1, -0.05) is 47.5 Å². The molecular weight excluding hydrogens is 431 g/mol. The minimum atomic E-state index is -0.383. The van der Waals surface area contributed by atoms with Gasteiger partial charge in [-0.15, -0.1) is 5.10 Å². The molecule has 3 aromatic carbocycles. The molecule has 7 heteroatoms. The third-order valence-corrected chi connectivity index (χ3v) is 5.76. The molecule has 0 saturated heterocycles. The molecule has 1 N–H and O–H groups in total. The predicted octanol–water partition coefficient (Wildman–Crippen LogP) is 6.42. The fraction of sp³-hybridized carbons (Fsp3) is 0.125. The van der Waals surface area contributed by atoms with Crippen LogP contribution in [0.3, 0.4) is 0 Å². The summed E-state index contributed by atoms with van der Waals surface area (Å²) in [6.45, 7) is 5.80. The number of hydrogen-bond acceptors (Lipinski definition) is 3. The maximum Gasteiger partial charge on any atom is 0.295 e. The van der Waals surface area contributed by atoms with E-state index in [0.29, 0.717) is 15.9 Å². The highest BCUT2D eigenvalue weighted by Gasteiger charge is 2.21. The molecule has 5 nitrogen and oxygen atoms in total. The van der Waals surface area contributed by atoms with E-state index in [4.69, 9.17) is 23.2 Å². The molecule has 0 bridgehead atoms. The first-order valence-electron chi connectivity index (χ1n) is 9.71. The Morgan fingerprint density at radius 2 is 1.55 bits per heavy atom. The summed E-state index contributed by atoms with van der Waals surface area (Å²) in [4.78, 5) is 17.6. The number of halogens is 2. The van der Waals surface area contributed by atoms with E-state index >= 15 is 0 Å². The van der Waals surface area contributed by atoms with Crippen LogP contribution in [-0.4, -0.2) is 20.7 Å². The second kappa shape index (κ2) is 8.53. The molecule has 0 atom stereocenters. The van der Waals surface area contributed by atoms with Crippen molar-refractivity contribution in [3.05, 3.63) is 93.2 Å². The van der Waals surface area contributed by atoms with Crippen LogP contribution in [0.5, 0.6) is 0 Å². The van der Waals surface area contributed by atoms with Gasteiger partial charge in [0, 0.05) is 21.3 Å². The number of amides is 1. The highest BCUT2D eigenvalue weighted by atomic mass is 35.5. The summed E-state index contributed by atoms with van der Waals surface area (Å²) in [5.41, 5.74) is 5.06. The summed E-state index contributed by atoms with van der Waals surface area (Å²) >= 11 is 12.4. The number of hydrogen-bond donors (Lipinski definition) is 1. The van der Waals surface area contributed by atoms with Gasteiger partial charge in [-0.2, -0.15) is 0 Å². The van der Waals surface area contributed by atoms with Crippen molar-refractivity contribution < 1.29 is 4.79 Å². The Morgan fingerprint density at radius 1 is 0.903 bits per heavy atom. The number of para-hydroxylation sites is 1. The van der Waals surface area contributed by atoms with Crippen molar-refractivity contribution in [3.8, 4) is 17.1 Å². The Bertz CT molecular complexity index is 1260. The van der Waals surface area contributed by atoms with Crippen LogP contribution in [0.2, 0.25) is 10.0 Å². The van der Waals surface area contributed by atoms with Gasteiger partial charge >= 0.3 is 0 Å². The molecule has 0 fully saturated rings. The average molecular weight is 451 g/mol. The number of carbonyl (C=O) groups is 1. The van der Waals surface area contributed by atoms with Crippen LogP contribution in [0.1, 0.15) is 27.3 Å². The third-order valence-electron chi connectivity index (χ3n) is 5.10. The molecule has 0 spiro atoms. The topological polar surface area (TPSA) is 59.8 Å². The van der Waals surface area contributed by atoms with E-state index in [1.54, 1.807) is 16.8 Å². The molecular formula is C24H20Cl2N4O. The van der Waals surface area contributed by atoms with Gasteiger partial charge < -0.3 is 5.32 Å². The Kier molecular flexibility index (Phi) is 5.81. The lowest BCUT2D eigenvalue weighted by atomic mass is 10.1. The molecule has 1 aromatic heterocycles. The maximum absolute atomic E-state index is 13.1. The van der Waals surface area contributed by atoms with Crippen molar-refractivity contribution in [2.45, 2.75) is 20.8 Å². The van der Waals surface area contributed by atoms with Gasteiger partial charge in [-0.25, -0.2) is 9.67 Å². The highest BCUT2D eigenvalue weighted by Crippen LogP contribution is 2.28. The van der Waals surface area contributed by atoms with Crippen LogP contribution in [0.15, 0.2) is 60.7 Å². The number of carbonyl (C=O) groups excluding carboxylic acids is 1. The van der Waals surface area contributed by atoms with Gasteiger partial charge in [-0.05, 0) is 73.9 Å². The van der Waals surface area contributed by atoms with E-state index in [1.807, 2.05) is 69.3 Å². The average Bonchev–Trinajstić information content (AvgIpc) is 3.18. The molecule has 1 heterocycles. The lowest BCUT2D eigenvalue weighted by Crippen LogP contribution is -2.16. The van der Waals surface area contributed by atoms with Crippen molar-refractivity contribution in [2.75, 3.05) is 5.32 Å². The monoisotopic (exact) mass is 450 g/mol. The predicted molar refractivity (Wildman–Crippen MR) is 125 cm³/mol. The second-order valence-corrected chi connectivity index (χ2v) is 8.13. The molecule has 0 saturated carbocycles. The number of anilines is 1. The standard InChI is InChI=1S/C24H20Cl2N4O/c1-14-6-4-7-15(2)21(14)27-24(31)22-28-23(17-10-12-18(25)13-11-17)30(29-22)20-9-5-8-19(26)16(20)3/h4-13H,1-3H3,(H,27,31). The molecule has 0 aliphatic carbocycles. The number of rotatable bonds is 4. The van der Waals surface area contributed by atoms with Crippen molar-refractivity contribution in [1.29, 1.82) is 0 Å². The van der Waals surface area contributed by atoms with Crippen molar-refractivity contribution >= 4 is 34.8 Å². The van der Waals surface area contributed by atoms with Crippen molar-refractivity contribution in [1.82, 2.24) is 14.8 Å². The SMILES string of the molecule is Cc1cccc(C)c1NC(=O)c1nc(-c2ccc(Cl)cc2)n(-c2cccc(Cl)c2C)n1. The maximum atomic E-state index is 13.1. The number of benzene rings is 3. The number of nitrogens with one attached hydrogen (secondary N) is 1. The Morgan fingerprint density at radius 3 is 2.23 bits per heavy atom. The van der Waals surface area contributed by atoms with Gasteiger partial charge in [0.15, 0.2) is 5.82 Å². The van der Waals surface area contributed by atoms with Crippen LogP contribution in [-0.2, 0) is 0 Å². The van der Waals surface area contributed by atoms with E-state index in [0.717, 1.165) is 33.6 Å². The Labute approximate surface area is 190 Å². The summed E-state index contributed by atoms with van der Waals surface area (Å²) in [5, 5.41) is 8.71. The fourth-order valence-corrected chi connectivity index (χ4v) is 3.66. The van der Waals surface area contributed by atoms with E-state index in [2.05, 4.69) is 15.4 Å². The van der Waals surface area contributed by atoms with Crippen molar-refractivity contribution in [3.63, 3.8) is 0 Å². The van der Waals surface area contributed by atoms with Gasteiger partial charge in [0.2, 0.25) is 5.82 Å². The number of aryl methyl sites for hydroxylation is 2. The number of aromatic nitrogens is 3. The second-order valence-electron chi connectivity index (χ2n) is 7.28. The van der Waals surface area contributed by atoms with E-state index < -0.39 is 0 Å². The Hall–Kier alpha value is -3.15. The molecule has 4 aromatic rings. The van der Waals surface area contributed by atoms with Crippen LogP contribution in [0, 0.1) is 20.8 Å². The minimum absolute atomic E-state index is 0.0620. The smallest absolute Gasteiger partial charge is 0.295 e. The van der Waals surface area contributed by atoms with Crippen LogP contribution in [0.4, 0.5) is 5.69 Å². The van der Waals surface area contributed by atoms with Crippen LogP contribution < -0.4 is 5.32 Å². The first kappa shape index (κ1) is 21.1. The summed E-state index contributed by atoms with van der Waals surface area (Å²) in [5.74, 6) is 0.201. The zero-order valence-electron chi connectivity index (χ0n) is 17.3. The molecule has 0 unspecified atom stereocenters. The molecule has 156 valence electrons. The zero-order chi connectivity index (χ0) is 22.1. The molecule has 31 heavy (non-hydrogen) atoms. The first-order chi connectivity index (χ1) is 14.8. The lowest BCUT2D eigenvalue weighted by Gasteiger charge is -2.10. The number of nitrogens with zero attached hydrogens (tertiary/aromatic N) is 3. The molecule has 0 radical (unpaired) electrons. The third kappa shape index (κ3) is 4.20. The van der Waals surface area contributed by atoms with Gasteiger partial charge in [0.05, 0.1) is 5.69 Å². The quantitative estimate of drug-likeness (QED) is 0.390. The summed E-state index contributed by atoms with van der Waals surface area (Å²) < 4.78 is 1.64. The Balaban J connectivity index is 1.82. The summed E-state index contributed by atoms with van der Waals surface area (Å²) in [7, 11) is 0. The molecule has 0 aliphatic heterocycles. The molecule has 1 amide bonds. The zero-order valence-corrected chi connectivity index (χ0v) is 18.8. The highest BCUT2D eigenvalue weighted by molar-refractivity contribution is 6.31.